The van der Waals surface area contributed by atoms with Crippen LogP contribution in [0.2, 0.25) is 0 Å². The maximum atomic E-state index is 12.7. The van der Waals surface area contributed by atoms with Gasteiger partial charge in [0.1, 0.15) is 11.9 Å². The zero-order valence-corrected chi connectivity index (χ0v) is 19.8. The monoisotopic (exact) mass is 430 g/mol. The smallest absolute Gasteiger partial charge is 0.407 e. The highest BCUT2D eigenvalue weighted by Gasteiger charge is 2.62. The Kier molecular flexibility index (Phi) is 5.64. The zero-order valence-electron chi connectivity index (χ0n) is 19.8. The van der Waals surface area contributed by atoms with E-state index >= 15 is 0 Å². The molecule has 5 saturated carbocycles. The molecule has 31 heavy (non-hydrogen) atoms. The van der Waals surface area contributed by atoms with E-state index in [1.165, 1.54) is 38.5 Å². The van der Waals surface area contributed by atoms with E-state index in [-0.39, 0.29) is 17.6 Å². The highest BCUT2D eigenvalue weighted by molar-refractivity contribution is 5.87. The number of ether oxygens (including phenoxy) is 1. The molecule has 8 atom stereocenters. The van der Waals surface area contributed by atoms with Gasteiger partial charge in [0.25, 0.3) is 0 Å². The van der Waals surface area contributed by atoms with Gasteiger partial charge in [-0.2, -0.15) is 0 Å². The molecule has 174 valence electrons. The topological polar surface area (TPSA) is 58.6 Å². The second-order valence-electron chi connectivity index (χ2n) is 12.1. The van der Waals surface area contributed by atoms with E-state index in [9.17, 15) is 9.59 Å². The van der Waals surface area contributed by atoms with Crippen molar-refractivity contribution in [2.45, 2.75) is 83.7 Å². The molecule has 5 rings (SSSR count). The lowest BCUT2D eigenvalue weighted by atomic mass is 9.41. The Morgan fingerprint density at radius 1 is 1.13 bits per heavy atom. The predicted molar refractivity (Wildman–Crippen MR) is 121 cm³/mol. The summed E-state index contributed by atoms with van der Waals surface area (Å²) >= 11 is 0. The van der Waals surface area contributed by atoms with Crippen molar-refractivity contribution >= 4 is 11.9 Å². The minimum absolute atomic E-state index is 0.0221. The summed E-state index contributed by atoms with van der Waals surface area (Å²) < 4.78 is 5.98. The second kappa shape index (κ2) is 8.04. The summed E-state index contributed by atoms with van der Waals surface area (Å²) in [6.07, 6.45) is 12.9. The van der Waals surface area contributed by atoms with Gasteiger partial charge < -0.3 is 15.0 Å². The normalized spacial score (nSPS) is 46.1. The van der Waals surface area contributed by atoms with Gasteiger partial charge >= 0.3 is 6.09 Å². The van der Waals surface area contributed by atoms with E-state index in [4.69, 9.17) is 4.74 Å². The maximum Gasteiger partial charge on any atom is 0.407 e. The van der Waals surface area contributed by atoms with Gasteiger partial charge in [0.05, 0.1) is 0 Å². The van der Waals surface area contributed by atoms with Crippen molar-refractivity contribution in [3.05, 3.63) is 0 Å². The minimum Gasteiger partial charge on any atom is -0.446 e. The van der Waals surface area contributed by atoms with Crippen LogP contribution < -0.4 is 5.32 Å². The van der Waals surface area contributed by atoms with Crippen LogP contribution in [0.15, 0.2) is 0 Å². The van der Waals surface area contributed by atoms with Crippen LogP contribution in [-0.4, -0.2) is 50.1 Å². The van der Waals surface area contributed by atoms with Crippen LogP contribution in [-0.2, 0) is 9.53 Å². The number of rotatable bonds is 4. The molecule has 1 N–H and O–H groups in total. The van der Waals surface area contributed by atoms with Gasteiger partial charge in [-0.3, -0.25) is 4.79 Å². The van der Waals surface area contributed by atoms with E-state index in [1.807, 2.05) is 14.1 Å². The number of nitrogens with one attached hydrogen (secondary N) is 1. The fraction of sp³-hybridized carbons (Fsp3) is 0.923. The Bertz CT molecular complexity index is 723. The molecule has 0 radical (unpaired) electrons. The molecule has 2 bridgehead atoms. The molecule has 5 nitrogen and oxygen atoms in total. The summed E-state index contributed by atoms with van der Waals surface area (Å²) in [6.45, 7) is 3.76. The summed E-state index contributed by atoms with van der Waals surface area (Å²) in [5.74, 6) is 4.25. The molecule has 0 aromatic carbocycles. The number of carbonyl (C=O) groups is 2. The molecule has 5 heteroatoms. The van der Waals surface area contributed by atoms with Crippen molar-refractivity contribution in [2.24, 2.45) is 40.4 Å². The third-order valence-electron chi connectivity index (χ3n) is 10.4. The van der Waals surface area contributed by atoms with E-state index in [0.717, 1.165) is 56.4 Å². The van der Waals surface area contributed by atoms with Crippen molar-refractivity contribution in [2.75, 3.05) is 27.2 Å². The molecule has 5 aliphatic carbocycles. The Hall–Kier alpha value is -1.10. The SMILES string of the molecule is CN(C)CCNC(=O)OC1CC2CCCC3(CCC4C(CCC5(C)C(=O)CCC45)C23)C1. The van der Waals surface area contributed by atoms with Gasteiger partial charge in [0.15, 0.2) is 0 Å². The lowest BCUT2D eigenvalue weighted by Crippen LogP contribution is -2.58. The summed E-state index contributed by atoms with van der Waals surface area (Å²) in [4.78, 5) is 27.2. The number of ketones is 1. The van der Waals surface area contributed by atoms with Gasteiger partial charge in [-0.05, 0) is 107 Å². The molecule has 0 spiro atoms. The number of hydrogen-bond acceptors (Lipinski definition) is 4. The average Bonchev–Trinajstić information content (AvgIpc) is 3.01. The number of fused-ring (bicyclic) bond motifs is 3. The number of hydrogen-bond donors (Lipinski definition) is 1. The molecule has 8 unspecified atom stereocenters. The summed E-state index contributed by atoms with van der Waals surface area (Å²) in [5, 5.41) is 2.94. The van der Waals surface area contributed by atoms with Crippen molar-refractivity contribution in [3.8, 4) is 0 Å². The van der Waals surface area contributed by atoms with Crippen molar-refractivity contribution < 1.29 is 14.3 Å². The highest BCUT2D eigenvalue weighted by Crippen LogP contribution is 2.68. The van der Waals surface area contributed by atoms with Crippen molar-refractivity contribution in [1.82, 2.24) is 10.2 Å². The number of alkyl carbamates (subject to hydrolysis) is 1. The van der Waals surface area contributed by atoms with Crippen LogP contribution in [0.4, 0.5) is 4.79 Å². The first kappa shape index (κ1) is 21.7. The summed E-state index contributed by atoms with van der Waals surface area (Å²) in [6, 6.07) is 0. The number of nitrogens with zero attached hydrogens (tertiary/aromatic N) is 1. The van der Waals surface area contributed by atoms with E-state index < -0.39 is 0 Å². The molecule has 0 heterocycles. The second-order valence-corrected chi connectivity index (χ2v) is 12.1. The fourth-order valence-corrected chi connectivity index (χ4v) is 9.20. The minimum atomic E-state index is -0.230. The lowest BCUT2D eigenvalue weighted by Gasteiger charge is -2.64. The maximum absolute atomic E-state index is 12.7. The van der Waals surface area contributed by atoms with Gasteiger partial charge in [-0.25, -0.2) is 4.79 Å². The molecule has 0 aliphatic heterocycles. The molecular weight excluding hydrogens is 388 g/mol. The first-order chi connectivity index (χ1) is 14.8. The van der Waals surface area contributed by atoms with E-state index in [2.05, 4.69) is 17.1 Å². The van der Waals surface area contributed by atoms with Crippen LogP contribution in [0.25, 0.3) is 0 Å². The standard InChI is InChI=1S/C26H42N2O3/c1-25-11-8-20-19(21(25)6-7-22(25)29)9-12-26-10-4-5-17(23(20)26)15-18(16-26)31-24(30)27-13-14-28(2)3/h17-21,23H,4-16H2,1-3H3,(H,27,30). The van der Waals surface area contributed by atoms with Crippen LogP contribution >= 0.6 is 0 Å². The number of carbonyl (C=O) groups excluding carboxylic acids is 2. The quantitative estimate of drug-likeness (QED) is 0.706. The number of likely N-dealkylation sites (N-methyl/N-ethyl adjacent to an activating group) is 1. The van der Waals surface area contributed by atoms with Crippen LogP contribution in [0.3, 0.4) is 0 Å². The third-order valence-corrected chi connectivity index (χ3v) is 10.4. The fourth-order valence-electron chi connectivity index (χ4n) is 9.20. The lowest BCUT2D eigenvalue weighted by molar-refractivity contribution is -0.165. The third kappa shape index (κ3) is 3.63. The molecule has 5 aliphatic rings. The van der Waals surface area contributed by atoms with Crippen LogP contribution in [0.5, 0.6) is 0 Å². The highest BCUT2D eigenvalue weighted by atomic mass is 16.6. The van der Waals surface area contributed by atoms with Gasteiger partial charge in [-0.1, -0.05) is 13.3 Å². The first-order valence-corrected chi connectivity index (χ1v) is 12.9. The van der Waals surface area contributed by atoms with Gasteiger partial charge in [-0.15, -0.1) is 0 Å². The molecule has 1 amide bonds. The van der Waals surface area contributed by atoms with E-state index in [1.54, 1.807) is 0 Å². The predicted octanol–water partition coefficient (Wildman–Crippen LogP) is 4.64. The molecule has 5 fully saturated rings. The largest absolute Gasteiger partial charge is 0.446 e. The van der Waals surface area contributed by atoms with Crippen molar-refractivity contribution in [1.29, 1.82) is 0 Å². The Balaban J connectivity index is 1.28. The van der Waals surface area contributed by atoms with Crippen LogP contribution in [0, 0.1) is 40.4 Å². The van der Waals surface area contributed by atoms with Gasteiger partial charge in [0, 0.05) is 24.9 Å². The number of Topliss-reactive ketones (excluding diaryl/α,β-unsaturated/α-hetero) is 1. The summed E-state index contributed by atoms with van der Waals surface area (Å²) in [5.41, 5.74) is 0.360. The Morgan fingerprint density at radius 2 is 1.94 bits per heavy atom. The van der Waals surface area contributed by atoms with Crippen LogP contribution in [0.1, 0.15) is 77.6 Å². The van der Waals surface area contributed by atoms with Crippen molar-refractivity contribution in [3.63, 3.8) is 0 Å². The molecule has 0 saturated heterocycles. The Morgan fingerprint density at radius 3 is 2.74 bits per heavy atom. The molecule has 0 aromatic rings. The Labute approximate surface area is 188 Å². The average molecular weight is 431 g/mol. The summed E-state index contributed by atoms with van der Waals surface area (Å²) in [7, 11) is 4.03. The first-order valence-electron chi connectivity index (χ1n) is 12.9. The number of amides is 1. The van der Waals surface area contributed by atoms with Gasteiger partial charge in [0.2, 0.25) is 0 Å². The molecule has 0 aromatic heterocycles. The van der Waals surface area contributed by atoms with E-state index in [0.29, 0.717) is 29.6 Å². The zero-order chi connectivity index (χ0) is 21.8. The molecular formula is C26H42N2O3.